The van der Waals surface area contributed by atoms with Crippen molar-refractivity contribution in [2.75, 3.05) is 18.2 Å². The number of nitrogens with one attached hydrogen (secondary N) is 1. The van der Waals surface area contributed by atoms with Crippen LogP contribution in [0.1, 0.15) is 37.9 Å². The Bertz CT molecular complexity index is 799. The zero-order chi connectivity index (χ0) is 19.8. The third-order valence-electron chi connectivity index (χ3n) is 5.01. The van der Waals surface area contributed by atoms with Crippen LogP contribution in [0.25, 0.3) is 0 Å². The lowest BCUT2D eigenvalue weighted by Gasteiger charge is -2.21. The summed E-state index contributed by atoms with van der Waals surface area (Å²) in [6.07, 6.45) is 9.31. The summed E-state index contributed by atoms with van der Waals surface area (Å²) in [5.41, 5.74) is 0.668. The summed E-state index contributed by atoms with van der Waals surface area (Å²) in [6, 6.07) is 7.38. The van der Waals surface area contributed by atoms with Crippen LogP contribution in [0.2, 0.25) is 0 Å². The van der Waals surface area contributed by atoms with Crippen LogP contribution in [0.3, 0.4) is 0 Å². The van der Waals surface area contributed by atoms with Crippen LogP contribution in [0.15, 0.2) is 42.1 Å². The maximum Gasteiger partial charge on any atom is 0.234 e. The van der Waals surface area contributed by atoms with Gasteiger partial charge >= 0.3 is 0 Å². The first-order valence-electron chi connectivity index (χ1n) is 9.80. The molecule has 28 heavy (non-hydrogen) atoms. The number of nitrogens with zero attached hydrogens (tertiary/aromatic N) is 3. The number of rotatable bonds is 9. The molecule has 1 aromatic heterocycles. The number of hydrogen-bond acceptors (Lipinski definition) is 5. The molecule has 1 saturated carbocycles. The van der Waals surface area contributed by atoms with Crippen molar-refractivity contribution in [2.24, 2.45) is 5.92 Å². The lowest BCUT2D eigenvalue weighted by molar-refractivity contribution is -0.113. The molecule has 0 aliphatic heterocycles. The number of anilines is 1. The van der Waals surface area contributed by atoms with E-state index in [9.17, 15) is 4.79 Å². The molecule has 1 heterocycles. The molecule has 0 spiro atoms. The van der Waals surface area contributed by atoms with Gasteiger partial charge in [-0.15, -0.1) is 16.8 Å². The molecule has 7 heteroatoms. The summed E-state index contributed by atoms with van der Waals surface area (Å²) in [4.78, 5) is 12.4. The quantitative estimate of drug-likeness (QED) is 0.501. The first kappa shape index (κ1) is 20.5. The molecule has 1 aromatic carbocycles. The summed E-state index contributed by atoms with van der Waals surface area (Å²) in [6.45, 7) is 4.51. The molecule has 150 valence electrons. The molecule has 1 fully saturated rings. The van der Waals surface area contributed by atoms with E-state index in [0.717, 1.165) is 17.4 Å². The molecule has 0 radical (unpaired) electrons. The Morgan fingerprint density at radius 3 is 2.86 bits per heavy atom. The Kier molecular flexibility index (Phi) is 7.54. The highest BCUT2D eigenvalue weighted by Crippen LogP contribution is 2.28. The maximum atomic E-state index is 12.4. The van der Waals surface area contributed by atoms with Crippen molar-refractivity contribution in [3.05, 3.63) is 42.7 Å². The fraction of sp³-hybridized carbons (Fsp3) is 0.476. The van der Waals surface area contributed by atoms with Gasteiger partial charge in [0, 0.05) is 13.0 Å². The fourth-order valence-electron chi connectivity index (χ4n) is 3.60. The number of amides is 1. The number of benzene rings is 1. The van der Waals surface area contributed by atoms with E-state index >= 15 is 0 Å². The molecule has 1 amide bonds. The number of carbonyl (C=O) groups is 1. The van der Waals surface area contributed by atoms with Crippen LogP contribution in [0.4, 0.5) is 5.69 Å². The number of ether oxygens (including phenoxy) is 1. The average molecular weight is 401 g/mol. The second-order valence-electron chi connectivity index (χ2n) is 7.04. The van der Waals surface area contributed by atoms with Gasteiger partial charge in [-0.3, -0.25) is 4.79 Å². The number of carbonyl (C=O) groups excluding carboxylic acids is 1. The number of aromatic nitrogens is 3. The van der Waals surface area contributed by atoms with Crippen molar-refractivity contribution in [3.63, 3.8) is 0 Å². The zero-order valence-corrected chi connectivity index (χ0v) is 17.2. The van der Waals surface area contributed by atoms with Gasteiger partial charge in [0.2, 0.25) is 5.91 Å². The monoisotopic (exact) mass is 400 g/mol. The lowest BCUT2D eigenvalue weighted by atomic mass is 9.87. The molecular formula is C21H28N4O2S. The van der Waals surface area contributed by atoms with E-state index in [-0.39, 0.29) is 11.7 Å². The normalized spacial score (nSPS) is 14.6. The molecular weight excluding hydrogens is 372 g/mol. The van der Waals surface area contributed by atoms with Gasteiger partial charge in [0.1, 0.15) is 11.6 Å². The number of hydrogen-bond donors (Lipinski definition) is 1. The molecule has 3 rings (SSSR count). The molecule has 6 nitrogen and oxygen atoms in total. The van der Waals surface area contributed by atoms with Gasteiger partial charge in [-0.2, -0.15) is 0 Å². The standard InChI is InChI=1S/C21H28N4O2S/c1-3-13-25-19(14-16-9-5-4-6-10-16)23-24-21(25)28-15-20(26)22-17-11-7-8-12-18(17)27-2/h3,7-8,11-12,16H,1,4-6,9-10,13-15H2,2H3,(H,22,26). The van der Waals surface area contributed by atoms with Crippen LogP contribution in [0, 0.1) is 5.92 Å². The van der Waals surface area contributed by atoms with Crippen molar-refractivity contribution in [1.82, 2.24) is 14.8 Å². The van der Waals surface area contributed by atoms with Crippen LogP contribution in [-0.4, -0.2) is 33.5 Å². The zero-order valence-electron chi connectivity index (χ0n) is 16.4. The Morgan fingerprint density at radius 1 is 1.32 bits per heavy atom. The predicted octanol–water partition coefficient (Wildman–Crippen LogP) is 4.33. The second kappa shape index (κ2) is 10.3. The molecule has 2 aromatic rings. The summed E-state index contributed by atoms with van der Waals surface area (Å²) in [5.74, 6) is 2.49. The van der Waals surface area contributed by atoms with Gasteiger partial charge < -0.3 is 14.6 Å². The van der Waals surface area contributed by atoms with E-state index in [1.165, 1.54) is 43.9 Å². The van der Waals surface area contributed by atoms with E-state index in [1.54, 1.807) is 7.11 Å². The second-order valence-corrected chi connectivity index (χ2v) is 7.99. The van der Waals surface area contributed by atoms with Crippen LogP contribution in [0.5, 0.6) is 5.75 Å². The van der Waals surface area contributed by atoms with E-state index in [2.05, 4.69) is 26.7 Å². The summed E-state index contributed by atoms with van der Waals surface area (Å²) in [7, 11) is 1.59. The lowest BCUT2D eigenvalue weighted by Crippen LogP contribution is -2.16. The Labute approximate surface area is 170 Å². The van der Waals surface area contributed by atoms with E-state index in [4.69, 9.17) is 4.74 Å². The average Bonchev–Trinajstić information content (AvgIpc) is 3.09. The highest BCUT2D eigenvalue weighted by molar-refractivity contribution is 7.99. The van der Waals surface area contributed by atoms with Crippen LogP contribution < -0.4 is 10.1 Å². The van der Waals surface area contributed by atoms with Gasteiger partial charge in [0.25, 0.3) is 0 Å². The molecule has 1 aliphatic carbocycles. The smallest absolute Gasteiger partial charge is 0.234 e. The Balaban J connectivity index is 1.61. The molecule has 1 N–H and O–H groups in total. The molecule has 0 unspecified atom stereocenters. The minimum absolute atomic E-state index is 0.100. The SMILES string of the molecule is C=CCn1c(CC2CCCCC2)nnc1SCC(=O)Nc1ccccc1OC. The Morgan fingerprint density at radius 2 is 2.11 bits per heavy atom. The number of para-hydroxylation sites is 2. The first-order chi connectivity index (χ1) is 13.7. The largest absolute Gasteiger partial charge is 0.495 e. The third-order valence-corrected chi connectivity index (χ3v) is 5.98. The molecule has 0 bridgehead atoms. The van der Waals surface area contributed by atoms with E-state index < -0.39 is 0 Å². The highest BCUT2D eigenvalue weighted by atomic mass is 32.2. The summed E-state index contributed by atoms with van der Waals surface area (Å²) < 4.78 is 7.36. The summed E-state index contributed by atoms with van der Waals surface area (Å²) >= 11 is 1.40. The predicted molar refractivity (Wildman–Crippen MR) is 113 cm³/mol. The van der Waals surface area contributed by atoms with Gasteiger partial charge in [-0.05, 0) is 18.1 Å². The molecule has 1 aliphatic rings. The van der Waals surface area contributed by atoms with Crippen LogP contribution in [-0.2, 0) is 17.8 Å². The van der Waals surface area contributed by atoms with Crippen LogP contribution >= 0.6 is 11.8 Å². The topological polar surface area (TPSA) is 69.0 Å². The number of allylic oxidation sites excluding steroid dienone is 1. The van der Waals surface area contributed by atoms with Crippen molar-refractivity contribution in [1.29, 1.82) is 0 Å². The third kappa shape index (κ3) is 5.38. The van der Waals surface area contributed by atoms with E-state index in [1.807, 2.05) is 30.3 Å². The number of thioether (sulfide) groups is 1. The molecule has 0 saturated heterocycles. The van der Waals surface area contributed by atoms with Crippen molar-refractivity contribution >= 4 is 23.4 Å². The molecule has 0 atom stereocenters. The van der Waals surface area contributed by atoms with Gasteiger partial charge in [-0.25, -0.2) is 0 Å². The van der Waals surface area contributed by atoms with E-state index in [0.29, 0.717) is 23.9 Å². The fourth-order valence-corrected chi connectivity index (χ4v) is 4.37. The minimum atomic E-state index is -0.100. The van der Waals surface area contributed by atoms with Gasteiger partial charge in [-0.1, -0.05) is 62.1 Å². The van der Waals surface area contributed by atoms with Gasteiger partial charge in [0.15, 0.2) is 5.16 Å². The maximum absolute atomic E-state index is 12.4. The summed E-state index contributed by atoms with van der Waals surface area (Å²) in [5, 5.41) is 12.4. The van der Waals surface area contributed by atoms with Gasteiger partial charge in [0.05, 0.1) is 18.6 Å². The van der Waals surface area contributed by atoms with Crippen molar-refractivity contribution in [2.45, 2.75) is 50.2 Å². The van der Waals surface area contributed by atoms with Crippen molar-refractivity contribution in [3.8, 4) is 5.75 Å². The highest BCUT2D eigenvalue weighted by Gasteiger charge is 2.19. The number of methoxy groups -OCH3 is 1. The first-order valence-corrected chi connectivity index (χ1v) is 10.8. The minimum Gasteiger partial charge on any atom is -0.495 e. The Hall–Kier alpha value is -2.28. The van der Waals surface area contributed by atoms with Crippen molar-refractivity contribution < 1.29 is 9.53 Å².